The fourth-order valence-electron chi connectivity index (χ4n) is 2.15. The van der Waals surface area contributed by atoms with Crippen LogP contribution < -0.4 is 5.73 Å². The van der Waals surface area contributed by atoms with Gasteiger partial charge in [0.15, 0.2) is 0 Å². The zero-order valence-electron chi connectivity index (χ0n) is 11.1. The Hall–Kier alpha value is -1.48. The Bertz CT molecular complexity index is 576. The smallest absolute Gasteiger partial charge is 0.123 e. The van der Waals surface area contributed by atoms with Gasteiger partial charge in [-0.3, -0.25) is 4.98 Å². The topological polar surface area (TPSA) is 38.9 Å². The van der Waals surface area contributed by atoms with E-state index in [2.05, 4.69) is 18.8 Å². The van der Waals surface area contributed by atoms with Gasteiger partial charge in [0.05, 0.1) is 5.52 Å². The van der Waals surface area contributed by atoms with Gasteiger partial charge < -0.3 is 5.73 Å². The second-order valence-corrected chi connectivity index (χ2v) is 5.63. The summed E-state index contributed by atoms with van der Waals surface area (Å²) in [6, 6.07) is 6.77. The first kappa shape index (κ1) is 13.0. The third-order valence-electron chi connectivity index (χ3n) is 3.21. The van der Waals surface area contributed by atoms with Gasteiger partial charge in [-0.05, 0) is 55.1 Å². The van der Waals surface area contributed by atoms with Gasteiger partial charge in [-0.1, -0.05) is 13.8 Å². The number of aryl methyl sites for hydroxylation is 1. The third-order valence-corrected chi connectivity index (χ3v) is 3.21. The van der Waals surface area contributed by atoms with Crippen molar-refractivity contribution in [1.29, 1.82) is 0 Å². The number of nitrogens with zero attached hydrogens (tertiary/aromatic N) is 1. The molecule has 0 saturated carbocycles. The summed E-state index contributed by atoms with van der Waals surface area (Å²) < 4.78 is 13.4. The van der Waals surface area contributed by atoms with E-state index >= 15 is 0 Å². The Labute approximate surface area is 107 Å². The lowest BCUT2D eigenvalue weighted by Crippen LogP contribution is -2.26. The molecule has 18 heavy (non-hydrogen) atoms. The fraction of sp³-hybridized carbons (Fsp3) is 0.400. The molecule has 2 aromatic rings. The summed E-state index contributed by atoms with van der Waals surface area (Å²) in [5.41, 5.74) is 8.70. The molecule has 1 aromatic heterocycles. The lowest BCUT2D eigenvalue weighted by molar-refractivity contribution is 0.378. The first-order valence-corrected chi connectivity index (χ1v) is 6.17. The molecule has 0 atom stereocenters. The standard InChI is InChI=1S/C15H19FN2/c1-10-6-11(8-15(2,3)9-17)13-7-12(16)4-5-14(13)18-10/h4-7H,8-9,17H2,1-3H3. The normalized spacial score (nSPS) is 12.1. The predicted molar refractivity (Wildman–Crippen MR) is 73.0 cm³/mol. The van der Waals surface area contributed by atoms with Crippen LogP contribution in [0.3, 0.4) is 0 Å². The van der Waals surface area contributed by atoms with Crippen LogP contribution in [0, 0.1) is 18.2 Å². The lowest BCUT2D eigenvalue weighted by Gasteiger charge is -2.23. The van der Waals surface area contributed by atoms with E-state index < -0.39 is 0 Å². The number of hydrogen-bond donors (Lipinski definition) is 1. The summed E-state index contributed by atoms with van der Waals surface area (Å²) in [4.78, 5) is 4.44. The highest BCUT2D eigenvalue weighted by molar-refractivity contribution is 5.82. The van der Waals surface area contributed by atoms with Crippen molar-refractivity contribution < 1.29 is 4.39 Å². The number of nitrogens with two attached hydrogens (primary N) is 1. The molecule has 3 heteroatoms. The van der Waals surface area contributed by atoms with Crippen molar-refractivity contribution in [3.63, 3.8) is 0 Å². The molecule has 0 aliphatic carbocycles. The summed E-state index contributed by atoms with van der Waals surface area (Å²) >= 11 is 0. The molecule has 2 N–H and O–H groups in total. The van der Waals surface area contributed by atoms with E-state index in [4.69, 9.17) is 5.73 Å². The number of aromatic nitrogens is 1. The van der Waals surface area contributed by atoms with Crippen LogP contribution in [0.5, 0.6) is 0 Å². The number of benzene rings is 1. The van der Waals surface area contributed by atoms with Crippen molar-refractivity contribution in [3.8, 4) is 0 Å². The zero-order chi connectivity index (χ0) is 13.3. The molecule has 0 radical (unpaired) electrons. The monoisotopic (exact) mass is 246 g/mol. The second kappa shape index (κ2) is 4.65. The molecule has 0 fully saturated rings. The van der Waals surface area contributed by atoms with E-state index in [1.807, 2.05) is 13.0 Å². The Morgan fingerprint density at radius 2 is 2.00 bits per heavy atom. The second-order valence-electron chi connectivity index (χ2n) is 5.63. The van der Waals surface area contributed by atoms with Crippen LogP contribution in [0.4, 0.5) is 4.39 Å². The maximum atomic E-state index is 13.4. The molecule has 1 heterocycles. The molecule has 0 spiro atoms. The average molecular weight is 246 g/mol. The highest BCUT2D eigenvalue weighted by Gasteiger charge is 2.18. The fourth-order valence-corrected chi connectivity index (χ4v) is 2.15. The largest absolute Gasteiger partial charge is 0.330 e. The van der Waals surface area contributed by atoms with Crippen LogP contribution in [0.15, 0.2) is 24.3 Å². The van der Waals surface area contributed by atoms with Gasteiger partial charge in [0.1, 0.15) is 5.82 Å². The highest BCUT2D eigenvalue weighted by Crippen LogP contribution is 2.26. The minimum absolute atomic E-state index is 0.00699. The summed E-state index contributed by atoms with van der Waals surface area (Å²) in [6.07, 6.45) is 0.826. The van der Waals surface area contributed by atoms with Crippen molar-refractivity contribution in [2.75, 3.05) is 6.54 Å². The summed E-state index contributed by atoms with van der Waals surface area (Å²) in [6.45, 7) is 6.80. The van der Waals surface area contributed by atoms with Crippen LogP contribution in [-0.4, -0.2) is 11.5 Å². The predicted octanol–water partition coefficient (Wildman–Crippen LogP) is 3.21. The van der Waals surface area contributed by atoms with Gasteiger partial charge in [0, 0.05) is 11.1 Å². The van der Waals surface area contributed by atoms with Crippen molar-refractivity contribution in [2.24, 2.45) is 11.1 Å². The van der Waals surface area contributed by atoms with E-state index in [1.54, 1.807) is 12.1 Å². The van der Waals surface area contributed by atoms with Crippen molar-refractivity contribution in [3.05, 3.63) is 41.3 Å². The Morgan fingerprint density at radius 1 is 1.28 bits per heavy atom. The Morgan fingerprint density at radius 3 is 2.67 bits per heavy atom. The van der Waals surface area contributed by atoms with Gasteiger partial charge >= 0.3 is 0 Å². The molecule has 2 nitrogen and oxygen atoms in total. The van der Waals surface area contributed by atoms with Crippen LogP contribution in [0.1, 0.15) is 25.1 Å². The average Bonchev–Trinajstić information content (AvgIpc) is 2.29. The first-order valence-electron chi connectivity index (χ1n) is 6.17. The summed E-state index contributed by atoms with van der Waals surface area (Å²) in [5, 5.41) is 0.891. The maximum absolute atomic E-state index is 13.4. The lowest BCUT2D eigenvalue weighted by atomic mass is 9.84. The Balaban J connectivity index is 2.58. The summed E-state index contributed by atoms with van der Waals surface area (Å²) in [5.74, 6) is -0.222. The van der Waals surface area contributed by atoms with Crippen molar-refractivity contribution in [1.82, 2.24) is 4.98 Å². The van der Waals surface area contributed by atoms with E-state index in [0.717, 1.165) is 28.6 Å². The van der Waals surface area contributed by atoms with Gasteiger partial charge in [0.25, 0.3) is 0 Å². The number of fused-ring (bicyclic) bond motifs is 1. The van der Waals surface area contributed by atoms with Crippen molar-refractivity contribution >= 4 is 10.9 Å². The molecular weight excluding hydrogens is 227 g/mol. The van der Waals surface area contributed by atoms with Crippen LogP contribution >= 0.6 is 0 Å². The SMILES string of the molecule is Cc1cc(CC(C)(C)CN)c2cc(F)ccc2n1. The first-order chi connectivity index (χ1) is 8.41. The molecular formula is C15H19FN2. The molecule has 0 saturated heterocycles. The third kappa shape index (κ3) is 2.67. The van der Waals surface area contributed by atoms with Crippen LogP contribution in [0.25, 0.3) is 10.9 Å². The number of rotatable bonds is 3. The molecule has 0 amide bonds. The molecule has 96 valence electrons. The number of halogens is 1. The van der Waals surface area contributed by atoms with Gasteiger partial charge in [-0.25, -0.2) is 4.39 Å². The van der Waals surface area contributed by atoms with Gasteiger partial charge in [-0.15, -0.1) is 0 Å². The molecule has 0 aliphatic rings. The molecule has 0 bridgehead atoms. The van der Waals surface area contributed by atoms with E-state index in [-0.39, 0.29) is 11.2 Å². The molecule has 1 aromatic carbocycles. The van der Waals surface area contributed by atoms with E-state index in [0.29, 0.717) is 6.54 Å². The number of pyridine rings is 1. The summed E-state index contributed by atoms with van der Waals surface area (Å²) in [7, 11) is 0. The van der Waals surface area contributed by atoms with Gasteiger partial charge in [0.2, 0.25) is 0 Å². The van der Waals surface area contributed by atoms with Crippen LogP contribution in [-0.2, 0) is 6.42 Å². The number of hydrogen-bond acceptors (Lipinski definition) is 2. The Kier molecular flexibility index (Phi) is 3.35. The van der Waals surface area contributed by atoms with E-state index in [9.17, 15) is 4.39 Å². The molecule has 2 rings (SSSR count). The van der Waals surface area contributed by atoms with Crippen molar-refractivity contribution in [2.45, 2.75) is 27.2 Å². The van der Waals surface area contributed by atoms with Crippen LogP contribution in [0.2, 0.25) is 0 Å². The highest BCUT2D eigenvalue weighted by atomic mass is 19.1. The quantitative estimate of drug-likeness (QED) is 0.903. The molecule has 0 unspecified atom stereocenters. The van der Waals surface area contributed by atoms with E-state index in [1.165, 1.54) is 6.07 Å². The maximum Gasteiger partial charge on any atom is 0.123 e. The zero-order valence-corrected chi connectivity index (χ0v) is 11.1. The minimum Gasteiger partial charge on any atom is -0.330 e. The molecule has 0 aliphatic heterocycles. The minimum atomic E-state index is -0.222. The van der Waals surface area contributed by atoms with Gasteiger partial charge in [-0.2, -0.15) is 0 Å².